The number of amides is 1. The number of aliphatic hydroxyl groups is 1. The molecule has 0 bridgehead atoms. The van der Waals surface area contributed by atoms with Gasteiger partial charge in [0.15, 0.2) is 0 Å². The second-order valence-electron chi connectivity index (χ2n) is 5.28. The van der Waals surface area contributed by atoms with Gasteiger partial charge < -0.3 is 10.8 Å². The third-order valence-electron chi connectivity index (χ3n) is 2.76. The Morgan fingerprint density at radius 3 is 2.20 bits per heavy atom. The van der Waals surface area contributed by atoms with Crippen molar-refractivity contribution in [2.75, 3.05) is 6.61 Å². The largest absolute Gasteiger partial charge is 0.394 e. The van der Waals surface area contributed by atoms with Gasteiger partial charge in [-0.1, -0.05) is 20.8 Å². The summed E-state index contributed by atoms with van der Waals surface area (Å²) in [5.41, 5.74) is 4.87. The van der Waals surface area contributed by atoms with Crippen molar-refractivity contribution in [2.24, 2.45) is 11.1 Å². The number of carbonyl (C=O) groups is 1. The second kappa shape index (κ2) is 4.68. The first-order valence-corrected chi connectivity index (χ1v) is 4.99. The van der Waals surface area contributed by atoms with Gasteiger partial charge in [0.1, 0.15) is 0 Å². The minimum absolute atomic E-state index is 0. The van der Waals surface area contributed by atoms with E-state index in [0.717, 1.165) is 12.8 Å². The molecular formula is C10H21ClN2O2. The third-order valence-corrected chi connectivity index (χ3v) is 2.76. The molecule has 90 valence electrons. The molecule has 4 N–H and O–H groups in total. The van der Waals surface area contributed by atoms with E-state index in [4.69, 9.17) is 10.8 Å². The molecule has 0 spiro atoms. The maximum Gasteiger partial charge on any atom is 0.235 e. The standard InChI is InChI=1S/C10H20N2O2.ClH/c1-9(2,3)7(8(11)14)12-10(6-13)4-5-10;/h7,12-13H,4-6H2,1-3H3,(H2,11,14);1H/t7-;/m1./s1. The average molecular weight is 237 g/mol. The van der Waals surface area contributed by atoms with Crippen LogP contribution in [-0.4, -0.2) is 29.2 Å². The maximum atomic E-state index is 11.2. The number of nitrogens with two attached hydrogens (primary N) is 1. The van der Waals surface area contributed by atoms with Gasteiger partial charge in [-0.2, -0.15) is 0 Å². The fraction of sp³-hybridized carbons (Fsp3) is 0.900. The Morgan fingerprint density at radius 1 is 1.53 bits per heavy atom. The molecular weight excluding hydrogens is 216 g/mol. The molecule has 1 aliphatic rings. The van der Waals surface area contributed by atoms with E-state index in [1.165, 1.54) is 0 Å². The fourth-order valence-electron chi connectivity index (χ4n) is 1.52. The van der Waals surface area contributed by atoms with Crippen molar-refractivity contribution in [3.05, 3.63) is 0 Å². The number of hydrogen-bond acceptors (Lipinski definition) is 3. The van der Waals surface area contributed by atoms with Crippen LogP contribution in [0, 0.1) is 5.41 Å². The van der Waals surface area contributed by atoms with Crippen LogP contribution >= 0.6 is 12.4 Å². The van der Waals surface area contributed by atoms with Gasteiger partial charge in [0, 0.05) is 5.54 Å². The summed E-state index contributed by atoms with van der Waals surface area (Å²) in [5.74, 6) is -0.350. The van der Waals surface area contributed by atoms with Crippen LogP contribution in [0.25, 0.3) is 0 Å². The summed E-state index contributed by atoms with van der Waals surface area (Å²) in [6, 6.07) is -0.378. The van der Waals surface area contributed by atoms with E-state index in [0.29, 0.717) is 0 Å². The van der Waals surface area contributed by atoms with E-state index < -0.39 is 0 Å². The van der Waals surface area contributed by atoms with Crippen LogP contribution in [0.4, 0.5) is 0 Å². The summed E-state index contributed by atoms with van der Waals surface area (Å²) in [5, 5.41) is 12.3. The zero-order valence-corrected chi connectivity index (χ0v) is 10.4. The Balaban J connectivity index is 0.00000196. The van der Waals surface area contributed by atoms with Crippen LogP contribution < -0.4 is 11.1 Å². The smallest absolute Gasteiger partial charge is 0.235 e. The molecule has 5 heteroatoms. The van der Waals surface area contributed by atoms with Crippen molar-refractivity contribution >= 4 is 18.3 Å². The Bertz CT molecular complexity index is 234. The Labute approximate surface area is 97.0 Å². The Kier molecular flexibility index (Phi) is 4.58. The van der Waals surface area contributed by atoms with Crippen molar-refractivity contribution < 1.29 is 9.90 Å². The molecule has 1 fully saturated rings. The van der Waals surface area contributed by atoms with Crippen molar-refractivity contribution in [1.82, 2.24) is 5.32 Å². The van der Waals surface area contributed by atoms with Crippen molar-refractivity contribution in [1.29, 1.82) is 0 Å². The molecule has 4 nitrogen and oxygen atoms in total. The molecule has 0 aromatic carbocycles. The van der Waals surface area contributed by atoms with Crippen LogP contribution in [0.3, 0.4) is 0 Å². The monoisotopic (exact) mass is 236 g/mol. The molecule has 1 aliphatic carbocycles. The lowest BCUT2D eigenvalue weighted by atomic mass is 9.85. The molecule has 0 aliphatic heterocycles. The van der Waals surface area contributed by atoms with Crippen molar-refractivity contribution in [3.63, 3.8) is 0 Å². The summed E-state index contributed by atoms with van der Waals surface area (Å²) < 4.78 is 0. The average Bonchev–Trinajstić information content (AvgIpc) is 2.78. The minimum atomic E-state index is -0.378. The topological polar surface area (TPSA) is 75.3 Å². The van der Waals surface area contributed by atoms with Gasteiger partial charge in [0.05, 0.1) is 12.6 Å². The van der Waals surface area contributed by atoms with Crippen molar-refractivity contribution in [2.45, 2.75) is 45.2 Å². The molecule has 0 saturated heterocycles. The third kappa shape index (κ3) is 3.63. The zero-order valence-electron chi connectivity index (χ0n) is 9.54. The van der Waals surface area contributed by atoms with Gasteiger partial charge >= 0.3 is 0 Å². The quantitative estimate of drug-likeness (QED) is 0.663. The summed E-state index contributed by atoms with van der Waals surface area (Å²) in [7, 11) is 0. The lowest BCUT2D eigenvalue weighted by Gasteiger charge is -2.32. The van der Waals surface area contributed by atoms with Gasteiger partial charge in [-0.3, -0.25) is 10.1 Å². The molecule has 0 aromatic rings. The Morgan fingerprint density at radius 2 is 2.00 bits per heavy atom. The fourth-order valence-corrected chi connectivity index (χ4v) is 1.52. The summed E-state index contributed by atoms with van der Waals surface area (Å²) in [6.07, 6.45) is 1.84. The number of primary amides is 1. The highest BCUT2D eigenvalue weighted by Gasteiger charge is 2.46. The van der Waals surface area contributed by atoms with E-state index in [1.54, 1.807) is 0 Å². The first kappa shape index (κ1) is 14.7. The lowest BCUT2D eigenvalue weighted by molar-refractivity contribution is -0.122. The van der Waals surface area contributed by atoms with Crippen LogP contribution in [0.2, 0.25) is 0 Å². The number of halogens is 1. The normalized spacial score (nSPS) is 20.3. The predicted octanol–water partition coefficient (Wildman–Crippen LogP) is 0.423. The van der Waals surface area contributed by atoms with E-state index in [9.17, 15) is 4.79 Å². The van der Waals surface area contributed by atoms with Gasteiger partial charge in [-0.05, 0) is 18.3 Å². The Hall–Kier alpha value is -0.320. The molecule has 0 heterocycles. The number of hydrogen-bond donors (Lipinski definition) is 3. The minimum Gasteiger partial charge on any atom is -0.394 e. The SMILES string of the molecule is CC(C)(C)[C@H](NC1(CO)CC1)C(N)=O.Cl. The molecule has 15 heavy (non-hydrogen) atoms. The molecule has 0 radical (unpaired) electrons. The highest BCUT2D eigenvalue weighted by atomic mass is 35.5. The molecule has 1 saturated carbocycles. The van der Waals surface area contributed by atoms with Gasteiger partial charge in [-0.15, -0.1) is 12.4 Å². The van der Waals surface area contributed by atoms with Crippen molar-refractivity contribution in [3.8, 4) is 0 Å². The first-order valence-electron chi connectivity index (χ1n) is 4.99. The number of nitrogens with one attached hydrogen (secondary N) is 1. The maximum absolute atomic E-state index is 11.2. The summed E-state index contributed by atoms with van der Waals surface area (Å²) >= 11 is 0. The molecule has 1 atom stereocenters. The summed E-state index contributed by atoms with van der Waals surface area (Å²) in [4.78, 5) is 11.2. The second-order valence-corrected chi connectivity index (χ2v) is 5.28. The first-order chi connectivity index (χ1) is 6.31. The molecule has 0 aromatic heterocycles. The molecule has 1 amide bonds. The number of aliphatic hydroxyl groups excluding tert-OH is 1. The molecule has 0 unspecified atom stereocenters. The van der Waals surface area contributed by atoms with E-state index in [-0.39, 0.29) is 41.9 Å². The van der Waals surface area contributed by atoms with Crippen LogP contribution in [0.5, 0.6) is 0 Å². The van der Waals surface area contributed by atoms with E-state index in [2.05, 4.69) is 5.32 Å². The number of carbonyl (C=O) groups excluding carboxylic acids is 1. The highest BCUT2D eigenvalue weighted by molar-refractivity contribution is 5.85. The van der Waals surface area contributed by atoms with Gasteiger partial charge in [0.2, 0.25) is 5.91 Å². The van der Waals surface area contributed by atoms with Crippen LogP contribution in [-0.2, 0) is 4.79 Å². The zero-order chi connectivity index (χ0) is 11.0. The van der Waals surface area contributed by atoms with E-state index >= 15 is 0 Å². The predicted molar refractivity (Wildman–Crippen MR) is 61.9 cm³/mol. The van der Waals surface area contributed by atoms with Crippen LogP contribution in [0.1, 0.15) is 33.6 Å². The van der Waals surface area contributed by atoms with E-state index in [1.807, 2.05) is 20.8 Å². The van der Waals surface area contributed by atoms with Crippen LogP contribution in [0.15, 0.2) is 0 Å². The lowest BCUT2D eigenvalue weighted by Crippen LogP contribution is -2.55. The van der Waals surface area contributed by atoms with Gasteiger partial charge in [-0.25, -0.2) is 0 Å². The molecule has 1 rings (SSSR count). The summed E-state index contributed by atoms with van der Waals surface area (Å²) in [6.45, 7) is 5.96. The van der Waals surface area contributed by atoms with Gasteiger partial charge in [0.25, 0.3) is 0 Å². The highest BCUT2D eigenvalue weighted by Crippen LogP contribution is 2.37. The number of rotatable bonds is 4.